The minimum atomic E-state index is -0.793. The maximum absolute atomic E-state index is 10.4. The largest absolute Gasteiger partial charge is 0.481 e. The van der Waals surface area contributed by atoms with Gasteiger partial charge in [0.15, 0.2) is 0 Å². The average Bonchev–Trinajstić information content (AvgIpc) is 2.46. The number of aliphatic carboxylic acids is 1. The fraction of sp³-hybridized carbons (Fsp3) is 0.636. The predicted molar refractivity (Wildman–Crippen MR) is 66.4 cm³/mol. The van der Waals surface area contributed by atoms with E-state index in [0.29, 0.717) is 18.1 Å². The Morgan fingerprint density at radius 3 is 2.71 bits per heavy atom. The van der Waals surface area contributed by atoms with E-state index in [-0.39, 0.29) is 12.5 Å². The van der Waals surface area contributed by atoms with E-state index in [1.807, 2.05) is 25.5 Å². The summed E-state index contributed by atoms with van der Waals surface area (Å²) in [7, 11) is 0. The molecule has 1 aromatic heterocycles. The molecule has 0 aliphatic rings. The first-order valence-corrected chi connectivity index (χ1v) is 5.94. The van der Waals surface area contributed by atoms with Crippen molar-refractivity contribution in [3.8, 4) is 0 Å². The highest BCUT2D eigenvalue weighted by Crippen LogP contribution is 2.18. The molecule has 0 radical (unpaired) electrons. The van der Waals surface area contributed by atoms with Gasteiger partial charge in [0.05, 0.1) is 29.4 Å². The van der Waals surface area contributed by atoms with Gasteiger partial charge in [-0.05, 0) is 20.8 Å². The molecule has 1 atom stereocenters. The quantitative estimate of drug-likeness (QED) is 0.815. The maximum atomic E-state index is 10.4. The summed E-state index contributed by atoms with van der Waals surface area (Å²) >= 11 is 6.05. The molecule has 1 aromatic rings. The summed E-state index contributed by atoms with van der Waals surface area (Å²) in [6, 6.07) is 0.156. The van der Waals surface area contributed by atoms with Crippen molar-refractivity contribution < 1.29 is 9.90 Å². The number of nitrogens with one attached hydrogen (secondary N) is 1. The summed E-state index contributed by atoms with van der Waals surface area (Å²) in [5.74, 6) is -0.793. The Labute approximate surface area is 106 Å². The average molecular weight is 260 g/mol. The van der Waals surface area contributed by atoms with Crippen molar-refractivity contribution in [2.45, 2.75) is 39.8 Å². The normalized spacial score (nSPS) is 12.7. The summed E-state index contributed by atoms with van der Waals surface area (Å²) in [5.41, 5.74) is 1.76. The van der Waals surface area contributed by atoms with Crippen LogP contribution in [0.15, 0.2) is 0 Å². The van der Waals surface area contributed by atoms with Crippen LogP contribution < -0.4 is 5.32 Å². The lowest BCUT2D eigenvalue weighted by molar-refractivity contribution is -0.136. The minimum absolute atomic E-state index is 0.127. The second-order valence-corrected chi connectivity index (χ2v) is 4.54. The fourth-order valence-electron chi connectivity index (χ4n) is 1.60. The topological polar surface area (TPSA) is 67.2 Å². The minimum Gasteiger partial charge on any atom is -0.481 e. The van der Waals surface area contributed by atoms with Gasteiger partial charge in [0, 0.05) is 12.6 Å². The summed E-state index contributed by atoms with van der Waals surface area (Å²) in [4.78, 5) is 10.4. The van der Waals surface area contributed by atoms with Gasteiger partial charge in [-0.25, -0.2) is 0 Å². The molecule has 96 valence electrons. The number of hydrogen-bond acceptors (Lipinski definition) is 3. The van der Waals surface area contributed by atoms with Crippen LogP contribution in [0, 0.1) is 13.8 Å². The Bertz CT molecular complexity index is 404. The molecule has 1 heterocycles. The van der Waals surface area contributed by atoms with Crippen molar-refractivity contribution in [3.63, 3.8) is 0 Å². The smallest absolute Gasteiger partial charge is 0.304 e. The van der Waals surface area contributed by atoms with Gasteiger partial charge in [-0.15, -0.1) is 0 Å². The predicted octanol–water partition coefficient (Wildman–Crippen LogP) is 1.61. The van der Waals surface area contributed by atoms with E-state index in [4.69, 9.17) is 16.7 Å². The molecule has 0 unspecified atom stereocenters. The molecule has 6 heteroatoms. The van der Waals surface area contributed by atoms with E-state index in [1.165, 1.54) is 0 Å². The standard InChI is InChI=1S/C11H18ClN3O2/c1-7(13-5-4-10(16)17)6-15-9(3)11(12)8(2)14-15/h7,13H,4-6H2,1-3H3,(H,16,17)/t7-/m1/s1. The van der Waals surface area contributed by atoms with Gasteiger partial charge in [-0.1, -0.05) is 11.6 Å². The third-order valence-corrected chi connectivity index (χ3v) is 3.12. The lowest BCUT2D eigenvalue weighted by Crippen LogP contribution is -2.32. The van der Waals surface area contributed by atoms with Crippen molar-refractivity contribution in [3.05, 3.63) is 16.4 Å². The second-order valence-electron chi connectivity index (χ2n) is 4.17. The van der Waals surface area contributed by atoms with Gasteiger partial charge < -0.3 is 10.4 Å². The van der Waals surface area contributed by atoms with E-state index < -0.39 is 5.97 Å². The number of nitrogens with zero attached hydrogens (tertiary/aromatic N) is 2. The zero-order chi connectivity index (χ0) is 13.0. The van der Waals surface area contributed by atoms with E-state index >= 15 is 0 Å². The van der Waals surface area contributed by atoms with Crippen molar-refractivity contribution in [2.75, 3.05) is 6.54 Å². The third kappa shape index (κ3) is 4.02. The highest BCUT2D eigenvalue weighted by atomic mass is 35.5. The molecule has 1 rings (SSSR count). The van der Waals surface area contributed by atoms with Crippen LogP contribution in [0.2, 0.25) is 5.02 Å². The molecule has 0 aliphatic heterocycles. The molecule has 2 N–H and O–H groups in total. The van der Waals surface area contributed by atoms with Crippen LogP contribution in [-0.2, 0) is 11.3 Å². The summed E-state index contributed by atoms with van der Waals surface area (Å²) < 4.78 is 1.84. The van der Waals surface area contributed by atoms with Crippen LogP contribution in [0.3, 0.4) is 0 Å². The molecular formula is C11H18ClN3O2. The summed E-state index contributed by atoms with van der Waals surface area (Å²) in [5, 5.41) is 16.7. The van der Waals surface area contributed by atoms with Crippen LogP contribution in [-0.4, -0.2) is 33.4 Å². The van der Waals surface area contributed by atoms with Crippen molar-refractivity contribution in [2.24, 2.45) is 0 Å². The number of carboxylic acid groups (broad SMARTS) is 1. The van der Waals surface area contributed by atoms with Gasteiger partial charge in [-0.3, -0.25) is 9.48 Å². The zero-order valence-electron chi connectivity index (χ0n) is 10.3. The van der Waals surface area contributed by atoms with Crippen molar-refractivity contribution >= 4 is 17.6 Å². The Morgan fingerprint density at radius 2 is 2.24 bits per heavy atom. The van der Waals surface area contributed by atoms with Crippen LogP contribution in [0.25, 0.3) is 0 Å². The monoisotopic (exact) mass is 259 g/mol. The number of aromatic nitrogens is 2. The second kappa shape index (κ2) is 6.02. The molecule has 0 spiro atoms. The Hall–Kier alpha value is -1.07. The van der Waals surface area contributed by atoms with Crippen LogP contribution in [0.1, 0.15) is 24.7 Å². The van der Waals surface area contributed by atoms with Crippen molar-refractivity contribution in [1.29, 1.82) is 0 Å². The van der Waals surface area contributed by atoms with Gasteiger partial charge in [-0.2, -0.15) is 5.10 Å². The molecule has 0 amide bonds. The molecule has 0 fully saturated rings. The maximum Gasteiger partial charge on any atom is 0.304 e. The fourth-order valence-corrected chi connectivity index (χ4v) is 1.74. The van der Waals surface area contributed by atoms with Crippen LogP contribution >= 0.6 is 11.6 Å². The Kier molecular flexibility index (Phi) is 4.96. The van der Waals surface area contributed by atoms with E-state index in [1.54, 1.807) is 0 Å². The number of carboxylic acids is 1. The van der Waals surface area contributed by atoms with Gasteiger partial charge in [0.1, 0.15) is 0 Å². The zero-order valence-corrected chi connectivity index (χ0v) is 11.1. The molecular weight excluding hydrogens is 242 g/mol. The third-order valence-electron chi connectivity index (χ3n) is 2.57. The van der Waals surface area contributed by atoms with Gasteiger partial charge in [0.2, 0.25) is 0 Å². The highest BCUT2D eigenvalue weighted by Gasteiger charge is 2.11. The number of hydrogen-bond donors (Lipinski definition) is 2. The van der Waals surface area contributed by atoms with Crippen molar-refractivity contribution in [1.82, 2.24) is 15.1 Å². The summed E-state index contributed by atoms with van der Waals surface area (Å²) in [6.45, 7) is 6.93. The number of halogens is 1. The molecule has 5 nitrogen and oxygen atoms in total. The highest BCUT2D eigenvalue weighted by molar-refractivity contribution is 6.31. The molecule has 17 heavy (non-hydrogen) atoms. The lowest BCUT2D eigenvalue weighted by Gasteiger charge is -2.14. The lowest BCUT2D eigenvalue weighted by atomic mass is 10.3. The van der Waals surface area contributed by atoms with Crippen LogP contribution in [0.5, 0.6) is 0 Å². The molecule has 0 saturated heterocycles. The Morgan fingerprint density at radius 1 is 1.59 bits per heavy atom. The van der Waals surface area contributed by atoms with Gasteiger partial charge in [0.25, 0.3) is 0 Å². The molecule has 0 saturated carbocycles. The van der Waals surface area contributed by atoms with Gasteiger partial charge >= 0.3 is 5.97 Å². The van der Waals surface area contributed by atoms with E-state index in [0.717, 1.165) is 11.4 Å². The first-order chi connectivity index (χ1) is 7.91. The number of aryl methyl sites for hydroxylation is 1. The first-order valence-electron chi connectivity index (χ1n) is 5.56. The number of rotatable bonds is 6. The number of carbonyl (C=O) groups is 1. The molecule has 0 bridgehead atoms. The first kappa shape index (κ1) is 14.0. The van der Waals surface area contributed by atoms with E-state index in [9.17, 15) is 4.79 Å². The van der Waals surface area contributed by atoms with E-state index in [2.05, 4.69) is 10.4 Å². The Balaban J connectivity index is 2.47. The summed E-state index contributed by atoms with van der Waals surface area (Å²) in [6.07, 6.45) is 0.127. The SMILES string of the molecule is Cc1nn(C[C@@H](C)NCCC(=O)O)c(C)c1Cl. The van der Waals surface area contributed by atoms with Crippen LogP contribution in [0.4, 0.5) is 0 Å². The molecule has 0 aromatic carbocycles. The molecule has 0 aliphatic carbocycles.